The van der Waals surface area contributed by atoms with Gasteiger partial charge in [0.15, 0.2) is 0 Å². The summed E-state index contributed by atoms with van der Waals surface area (Å²) in [5.41, 5.74) is 1.05. The lowest BCUT2D eigenvalue weighted by Gasteiger charge is -2.23. The number of halogens is 1. The highest BCUT2D eigenvalue weighted by atomic mass is 79.9. The average molecular weight is 361 g/mol. The molecule has 2 rings (SSSR count). The molecule has 0 amide bonds. The van der Waals surface area contributed by atoms with Crippen LogP contribution in [0.25, 0.3) is 0 Å². The summed E-state index contributed by atoms with van der Waals surface area (Å²) in [5, 5.41) is 3.05. The van der Waals surface area contributed by atoms with E-state index in [-0.39, 0.29) is 6.04 Å². The number of hydrogen-bond acceptors (Lipinski definition) is 3. The van der Waals surface area contributed by atoms with Crippen molar-refractivity contribution in [2.45, 2.75) is 49.6 Å². The van der Waals surface area contributed by atoms with Crippen LogP contribution in [0.4, 0.5) is 0 Å². The summed E-state index contributed by atoms with van der Waals surface area (Å²) in [6, 6.07) is 5.45. The van der Waals surface area contributed by atoms with Gasteiger partial charge in [0.2, 0.25) is 10.0 Å². The predicted molar refractivity (Wildman–Crippen MR) is 84.1 cm³/mol. The summed E-state index contributed by atoms with van der Waals surface area (Å²) in [7, 11) is -1.58. The van der Waals surface area contributed by atoms with Crippen molar-refractivity contribution in [3.8, 4) is 0 Å². The van der Waals surface area contributed by atoms with Crippen LogP contribution in [0.15, 0.2) is 27.6 Å². The molecule has 2 N–H and O–H groups in total. The van der Waals surface area contributed by atoms with E-state index in [0.29, 0.717) is 9.37 Å². The Morgan fingerprint density at radius 1 is 1.25 bits per heavy atom. The van der Waals surface area contributed by atoms with Gasteiger partial charge in [-0.3, -0.25) is 0 Å². The number of hydrogen-bond donors (Lipinski definition) is 2. The maximum absolute atomic E-state index is 12.4. The molecule has 0 aliphatic heterocycles. The number of sulfonamides is 1. The van der Waals surface area contributed by atoms with Crippen molar-refractivity contribution in [1.29, 1.82) is 0 Å². The molecule has 1 aliphatic carbocycles. The van der Waals surface area contributed by atoms with Gasteiger partial charge in [-0.25, -0.2) is 13.1 Å². The van der Waals surface area contributed by atoms with Crippen LogP contribution in [0, 0.1) is 0 Å². The van der Waals surface area contributed by atoms with Crippen molar-refractivity contribution in [3.05, 3.63) is 28.2 Å². The molecule has 0 radical (unpaired) electrons. The van der Waals surface area contributed by atoms with E-state index in [1.807, 2.05) is 19.2 Å². The molecule has 1 aromatic carbocycles. The molecule has 0 aromatic heterocycles. The lowest BCUT2D eigenvalue weighted by Crippen LogP contribution is -2.36. The van der Waals surface area contributed by atoms with Crippen LogP contribution in [-0.4, -0.2) is 21.5 Å². The molecule has 1 aromatic rings. The molecule has 0 heterocycles. The zero-order valence-corrected chi connectivity index (χ0v) is 14.1. The van der Waals surface area contributed by atoms with E-state index in [1.165, 1.54) is 6.42 Å². The van der Waals surface area contributed by atoms with E-state index in [1.54, 1.807) is 6.07 Å². The minimum atomic E-state index is -3.44. The third-order valence-corrected chi connectivity index (χ3v) is 6.09. The Balaban J connectivity index is 2.16. The second-order valence-electron chi connectivity index (χ2n) is 5.25. The highest BCUT2D eigenvalue weighted by Crippen LogP contribution is 2.25. The Kier molecular flexibility index (Phi) is 5.60. The molecule has 1 saturated carbocycles. The van der Waals surface area contributed by atoms with Crippen LogP contribution in [0.2, 0.25) is 0 Å². The lowest BCUT2D eigenvalue weighted by molar-refractivity contribution is 0.412. The van der Waals surface area contributed by atoms with Crippen LogP contribution in [-0.2, 0) is 16.6 Å². The molecule has 4 nitrogen and oxygen atoms in total. The van der Waals surface area contributed by atoms with Crippen LogP contribution in [0.1, 0.15) is 37.7 Å². The Bertz CT molecular complexity index is 554. The van der Waals surface area contributed by atoms with Gasteiger partial charge in [0.1, 0.15) is 0 Å². The second-order valence-corrected chi connectivity index (χ2v) is 7.79. The predicted octanol–water partition coefficient (Wildman–Crippen LogP) is 2.78. The quantitative estimate of drug-likeness (QED) is 0.848. The van der Waals surface area contributed by atoms with E-state index < -0.39 is 10.0 Å². The monoisotopic (exact) mass is 360 g/mol. The van der Waals surface area contributed by atoms with Crippen molar-refractivity contribution in [2.75, 3.05) is 7.05 Å². The Morgan fingerprint density at radius 3 is 2.55 bits per heavy atom. The van der Waals surface area contributed by atoms with Gasteiger partial charge >= 0.3 is 0 Å². The first kappa shape index (κ1) is 15.9. The smallest absolute Gasteiger partial charge is 0.241 e. The molecule has 6 heteroatoms. The summed E-state index contributed by atoms with van der Waals surface area (Å²) in [6.45, 7) is 0.717. The molecule has 1 aliphatic rings. The van der Waals surface area contributed by atoms with E-state index in [4.69, 9.17) is 0 Å². The van der Waals surface area contributed by atoms with E-state index in [2.05, 4.69) is 26.0 Å². The van der Waals surface area contributed by atoms with Gasteiger partial charge in [0.25, 0.3) is 0 Å². The van der Waals surface area contributed by atoms with Gasteiger partial charge in [-0.15, -0.1) is 0 Å². The average Bonchev–Trinajstić information content (AvgIpc) is 2.39. The van der Waals surface area contributed by atoms with Crippen LogP contribution < -0.4 is 10.0 Å². The van der Waals surface area contributed by atoms with Crippen molar-refractivity contribution in [2.24, 2.45) is 0 Å². The lowest BCUT2D eigenvalue weighted by atomic mass is 9.96. The number of rotatable bonds is 5. The molecular formula is C14H21BrN2O2S. The Hall–Kier alpha value is -0.430. The van der Waals surface area contributed by atoms with Gasteiger partial charge in [0, 0.05) is 17.1 Å². The zero-order chi connectivity index (χ0) is 14.6. The maximum atomic E-state index is 12.4. The van der Waals surface area contributed by atoms with Crippen molar-refractivity contribution in [3.63, 3.8) is 0 Å². The Labute approximate surface area is 129 Å². The van der Waals surface area contributed by atoms with Gasteiger partial charge in [-0.05, 0) is 53.5 Å². The minimum Gasteiger partial charge on any atom is -0.316 e. The first-order chi connectivity index (χ1) is 9.53. The fraction of sp³-hybridized carbons (Fsp3) is 0.571. The topological polar surface area (TPSA) is 58.2 Å². The summed E-state index contributed by atoms with van der Waals surface area (Å²) in [4.78, 5) is 0.322. The van der Waals surface area contributed by atoms with Crippen molar-refractivity contribution < 1.29 is 8.42 Å². The summed E-state index contributed by atoms with van der Waals surface area (Å²) in [5.74, 6) is 0. The van der Waals surface area contributed by atoms with E-state index in [9.17, 15) is 8.42 Å². The molecule has 1 fully saturated rings. The fourth-order valence-corrected chi connectivity index (χ4v) is 5.01. The standard InChI is InChI=1S/C14H21BrN2O2S/c1-16-10-11-7-8-14(13(15)9-11)20(18,19)17-12-5-3-2-4-6-12/h7-9,12,16-17H,2-6,10H2,1H3. The third-order valence-electron chi connectivity index (χ3n) is 3.59. The second kappa shape index (κ2) is 7.02. The highest BCUT2D eigenvalue weighted by Gasteiger charge is 2.23. The fourth-order valence-electron chi connectivity index (χ4n) is 2.58. The van der Waals surface area contributed by atoms with Gasteiger partial charge in [-0.2, -0.15) is 0 Å². The summed E-state index contributed by atoms with van der Waals surface area (Å²) >= 11 is 3.37. The van der Waals surface area contributed by atoms with Gasteiger partial charge < -0.3 is 5.32 Å². The first-order valence-corrected chi connectivity index (χ1v) is 9.26. The first-order valence-electron chi connectivity index (χ1n) is 6.98. The number of nitrogens with one attached hydrogen (secondary N) is 2. The molecule has 0 atom stereocenters. The molecule has 112 valence electrons. The normalized spacial score (nSPS) is 17.3. The molecular weight excluding hydrogens is 340 g/mol. The van der Waals surface area contributed by atoms with Crippen LogP contribution in [0.5, 0.6) is 0 Å². The van der Waals surface area contributed by atoms with Crippen LogP contribution >= 0.6 is 15.9 Å². The summed E-state index contributed by atoms with van der Waals surface area (Å²) in [6.07, 6.45) is 5.30. The molecule has 20 heavy (non-hydrogen) atoms. The molecule has 0 unspecified atom stereocenters. The van der Waals surface area contributed by atoms with Gasteiger partial charge in [-0.1, -0.05) is 25.3 Å². The van der Waals surface area contributed by atoms with Crippen molar-refractivity contribution in [1.82, 2.24) is 10.0 Å². The van der Waals surface area contributed by atoms with Crippen molar-refractivity contribution >= 4 is 26.0 Å². The molecule has 0 spiro atoms. The Morgan fingerprint density at radius 2 is 1.95 bits per heavy atom. The summed E-state index contributed by atoms with van der Waals surface area (Å²) < 4.78 is 28.3. The third kappa shape index (κ3) is 4.04. The molecule has 0 saturated heterocycles. The maximum Gasteiger partial charge on any atom is 0.241 e. The largest absolute Gasteiger partial charge is 0.316 e. The van der Waals surface area contributed by atoms with Crippen LogP contribution in [0.3, 0.4) is 0 Å². The number of benzene rings is 1. The molecule has 0 bridgehead atoms. The van der Waals surface area contributed by atoms with E-state index in [0.717, 1.165) is 37.8 Å². The minimum absolute atomic E-state index is 0.0811. The van der Waals surface area contributed by atoms with E-state index >= 15 is 0 Å². The van der Waals surface area contributed by atoms with Gasteiger partial charge in [0.05, 0.1) is 4.90 Å². The zero-order valence-electron chi connectivity index (χ0n) is 11.7. The SMILES string of the molecule is CNCc1ccc(S(=O)(=O)NC2CCCCC2)c(Br)c1. The highest BCUT2D eigenvalue weighted by molar-refractivity contribution is 9.10.